The molecule has 1 amide bonds. The first-order chi connectivity index (χ1) is 10.2. The van der Waals surface area contributed by atoms with E-state index in [4.69, 9.17) is 10.3 Å². The minimum Gasteiger partial charge on any atom is -0.397 e. The summed E-state index contributed by atoms with van der Waals surface area (Å²) in [5.74, 6) is 0.287. The normalized spacial score (nSPS) is 10.5. The first-order valence-corrected chi connectivity index (χ1v) is 6.32. The Morgan fingerprint density at radius 3 is 2.90 bits per heavy atom. The van der Waals surface area contributed by atoms with E-state index in [9.17, 15) is 4.79 Å². The van der Waals surface area contributed by atoms with Crippen molar-refractivity contribution in [2.24, 2.45) is 0 Å². The quantitative estimate of drug-likeness (QED) is 0.704. The van der Waals surface area contributed by atoms with Gasteiger partial charge in [0.2, 0.25) is 0 Å². The molecule has 0 aliphatic carbocycles. The Morgan fingerprint density at radius 1 is 1.29 bits per heavy atom. The van der Waals surface area contributed by atoms with Gasteiger partial charge in [-0.2, -0.15) is 5.10 Å². The van der Waals surface area contributed by atoms with Crippen molar-refractivity contribution < 1.29 is 9.32 Å². The van der Waals surface area contributed by atoms with E-state index in [0.29, 0.717) is 17.1 Å². The van der Waals surface area contributed by atoms with E-state index in [-0.39, 0.29) is 12.5 Å². The standard InChI is InChI=1S/C14H13N5O2/c15-11-3-1-2-4-13(11)19-8-6-12(18-19)14(20)16-9-10-5-7-17-21-10/h1-8H,9,15H2,(H,16,20). The molecule has 106 valence electrons. The third-order valence-corrected chi connectivity index (χ3v) is 2.92. The monoisotopic (exact) mass is 283 g/mol. The number of carbonyl (C=O) groups excluding carboxylic acids is 1. The number of hydrogen-bond donors (Lipinski definition) is 2. The van der Waals surface area contributed by atoms with Crippen LogP contribution < -0.4 is 11.1 Å². The average molecular weight is 283 g/mol. The highest BCUT2D eigenvalue weighted by molar-refractivity contribution is 5.92. The SMILES string of the molecule is Nc1ccccc1-n1ccc(C(=O)NCc2ccno2)n1. The zero-order valence-corrected chi connectivity index (χ0v) is 11.1. The zero-order valence-electron chi connectivity index (χ0n) is 11.1. The number of carbonyl (C=O) groups is 1. The topological polar surface area (TPSA) is 99.0 Å². The lowest BCUT2D eigenvalue weighted by Crippen LogP contribution is -2.23. The van der Waals surface area contributed by atoms with Crippen LogP contribution in [-0.4, -0.2) is 20.8 Å². The molecule has 2 heterocycles. The molecule has 0 spiro atoms. The van der Waals surface area contributed by atoms with Gasteiger partial charge in [0, 0.05) is 12.3 Å². The van der Waals surface area contributed by atoms with Crippen molar-refractivity contribution in [3.8, 4) is 5.69 Å². The van der Waals surface area contributed by atoms with E-state index in [1.54, 1.807) is 29.1 Å². The van der Waals surface area contributed by atoms with Gasteiger partial charge in [-0.25, -0.2) is 4.68 Å². The van der Waals surface area contributed by atoms with Crippen LogP contribution in [0.2, 0.25) is 0 Å². The van der Waals surface area contributed by atoms with Crippen molar-refractivity contribution in [2.75, 3.05) is 5.73 Å². The van der Waals surface area contributed by atoms with Gasteiger partial charge >= 0.3 is 0 Å². The van der Waals surface area contributed by atoms with Crippen LogP contribution in [0.1, 0.15) is 16.2 Å². The Kier molecular flexibility index (Phi) is 3.38. The zero-order chi connectivity index (χ0) is 14.7. The lowest BCUT2D eigenvalue weighted by Gasteiger charge is -2.04. The predicted molar refractivity (Wildman–Crippen MR) is 75.6 cm³/mol. The Bertz CT molecular complexity index is 748. The number of nitrogen functional groups attached to an aromatic ring is 1. The summed E-state index contributed by atoms with van der Waals surface area (Å²) in [5, 5.41) is 10.5. The van der Waals surface area contributed by atoms with Crippen molar-refractivity contribution in [1.29, 1.82) is 0 Å². The molecule has 0 aliphatic heterocycles. The van der Waals surface area contributed by atoms with Crippen molar-refractivity contribution in [1.82, 2.24) is 20.3 Å². The van der Waals surface area contributed by atoms with Crippen LogP contribution in [0.5, 0.6) is 0 Å². The Labute approximate surface area is 120 Å². The second-order valence-electron chi connectivity index (χ2n) is 4.37. The highest BCUT2D eigenvalue weighted by Gasteiger charge is 2.11. The van der Waals surface area contributed by atoms with E-state index >= 15 is 0 Å². The number of nitrogens with one attached hydrogen (secondary N) is 1. The maximum absolute atomic E-state index is 12.0. The minimum atomic E-state index is -0.292. The summed E-state index contributed by atoms with van der Waals surface area (Å²) in [6.45, 7) is 0.263. The number of amides is 1. The van der Waals surface area contributed by atoms with Gasteiger partial charge in [-0.05, 0) is 18.2 Å². The molecular formula is C14H13N5O2. The average Bonchev–Trinajstić information content (AvgIpc) is 3.17. The van der Waals surface area contributed by atoms with E-state index < -0.39 is 0 Å². The van der Waals surface area contributed by atoms with E-state index in [2.05, 4.69) is 15.6 Å². The summed E-state index contributed by atoms with van der Waals surface area (Å²) in [7, 11) is 0. The number of rotatable bonds is 4. The molecular weight excluding hydrogens is 270 g/mol. The van der Waals surface area contributed by atoms with Crippen LogP contribution in [0, 0.1) is 0 Å². The first-order valence-electron chi connectivity index (χ1n) is 6.32. The van der Waals surface area contributed by atoms with Gasteiger partial charge in [0.25, 0.3) is 5.91 Å². The number of benzene rings is 1. The van der Waals surface area contributed by atoms with Crippen LogP contribution in [0.15, 0.2) is 53.3 Å². The Hall–Kier alpha value is -3.09. The van der Waals surface area contributed by atoms with Gasteiger partial charge in [0.15, 0.2) is 11.5 Å². The molecule has 3 rings (SSSR count). The Morgan fingerprint density at radius 2 is 2.14 bits per heavy atom. The molecule has 0 saturated heterocycles. The molecule has 0 saturated carbocycles. The molecule has 0 fully saturated rings. The van der Waals surface area contributed by atoms with Gasteiger partial charge in [0.05, 0.1) is 24.1 Å². The molecule has 0 aliphatic rings. The summed E-state index contributed by atoms with van der Waals surface area (Å²) >= 11 is 0. The van der Waals surface area contributed by atoms with Crippen LogP contribution in [0.3, 0.4) is 0 Å². The third kappa shape index (κ3) is 2.76. The molecule has 2 aromatic heterocycles. The van der Waals surface area contributed by atoms with Gasteiger partial charge in [-0.1, -0.05) is 17.3 Å². The maximum atomic E-state index is 12.0. The summed E-state index contributed by atoms with van der Waals surface area (Å²) in [4.78, 5) is 12.0. The number of hydrogen-bond acceptors (Lipinski definition) is 5. The summed E-state index contributed by atoms with van der Waals surface area (Å²) in [6.07, 6.45) is 3.21. The first kappa shape index (κ1) is 12.9. The maximum Gasteiger partial charge on any atom is 0.272 e. The molecule has 3 aromatic rings. The summed E-state index contributed by atoms with van der Waals surface area (Å²) in [5.41, 5.74) is 7.50. The van der Waals surface area contributed by atoms with Crippen molar-refractivity contribution >= 4 is 11.6 Å². The molecule has 0 bridgehead atoms. The van der Waals surface area contributed by atoms with Crippen molar-refractivity contribution in [2.45, 2.75) is 6.54 Å². The third-order valence-electron chi connectivity index (χ3n) is 2.92. The highest BCUT2D eigenvalue weighted by atomic mass is 16.5. The smallest absolute Gasteiger partial charge is 0.272 e. The van der Waals surface area contributed by atoms with Gasteiger partial charge < -0.3 is 15.6 Å². The molecule has 0 atom stereocenters. The number of nitrogens with zero attached hydrogens (tertiary/aromatic N) is 3. The number of para-hydroxylation sites is 2. The molecule has 7 heteroatoms. The van der Waals surface area contributed by atoms with Crippen molar-refractivity contribution in [3.05, 3.63) is 60.2 Å². The van der Waals surface area contributed by atoms with E-state index in [1.807, 2.05) is 18.2 Å². The molecule has 21 heavy (non-hydrogen) atoms. The largest absolute Gasteiger partial charge is 0.397 e. The van der Waals surface area contributed by atoms with Crippen molar-refractivity contribution in [3.63, 3.8) is 0 Å². The van der Waals surface area contributed by atoms with Gasteiger partial charge in [0.1, 0.15) is 0 Å². The van der Waals surface area contributed by atoms with Gasteiger partial charge in [-0.15, -0.1) is 0 Å². The predicted octanol–water partition coefficient (Wildman–Crippen LogP) is 1.37. The fourth-order valence-electron chi connectivity index (χ4n) is 1.87. The van der Waals surface area contributed by atoms with Crippen LogP contribution in [0.25, 0.3) is 5.69 Å². The molecule has 3 N–H and O–H groups in total. The van der Waals surface area contributed by atoms with Gasteiger partial charge in [-0.3, -0.25) is 4.79 Å². The van der Waals surface area contributed by atoms with Crippen LogP contribution in [0.4, 0.5) is 5.69 Å². The van der Waals surface area contributed by atoms with Crippen LogP contribution >= 0.6 is 0 Å². The molecule has 0 radical (unpaired) electrons. The number of aromatic nitrogens is 3. The number of nitrogens with two attached hydrogens (primary N) is 1. The van der Waals surface area contributed by atoms with E-state index in [0.717, 1.165) is 5.69 Å². The minimum absolute atomic E-state index is 0.263. The number of anilines is 1. The fraction of sp³-hybridized carbons (Fsp3) is 0.0714. The summed E-state index contributed by atoms with van der Waals surface area (Å²) in [6, 6.07) is 10.6. The highest BCUT2D eigenvalue weighted by Crippen LogP contribution is 2.15. The second-order valence-corrected chi connectivity index (χ2v) is 4.37. The molecule has 0 unspecified atom stereocenters. The molecule has 7 nitrogen and oxygen atoms in total. The lowest BCUT2D eigenvalue weighted by atomic mass is 10.3. The van der Waals surface area contributed by atoms with E-state index in [1.165, 1.54) is 6.20 Å². The lowest BCUT2D eigenvalue weighted by molar-refractivity contribution is 0.0941. The fourth-order valence-corrected chi connectivity index (χ4v) is 1.87. The summed E-state index contributed by atoms with van der Waals surface area (Å²) < 4.78 is 6.47. The Balaban J connectivity index is 1.73. The second kappa shape index (κ2) is 5.49. The van der Waals surface area contributed by atoms with Crippen LogP contribution in [-0.2, 0) is 6.54 Å². The molecule has 1 aromatic carbocycles.